The Bertz CT molecular complexity index is 1590. The van der Waals surface area contributed by atoms with E-state index < -0.39 is 35.5 Å². The van der Waals surface area contributed by atoms with Gasteiger partial charge in [-0.15, -0.1) is 0 Å². The fraction of sp³-hybridized carbons (Fsp3) is 0.455. The van der Waals surface area contributed by atoms with E-state index in [9.17, 15) is 29.4 Å². The van der Waals surface area contributed by atoms with E-state index in [-0.39, 0.29) is 39.7 Å². The molecule has 4 aliphatic rings. The van der Waals surface area contributed by atoms with Crippen LogP contribution in [0.2, 0.25) is 0 Å². The minimum absolute atomic E-state index is 0.0199. The summed E-state index contributed by atoms with van der Waals surface area (Å²) < 4.78 is 12.5. The molecule has 1 saturated heterocycles. The highest BCUT2D eigenvalue weighted by Gasteiger charge is 2.43. The van der Waals surface area contributed by atoms with E-state index >= 15 is 0 Å². The van der Waals surface area contributed by atoms with Crippen LogP contribution >= 0.6 is 15.9 Å². The van der Waals surface area contributed by atoms with E-state index in [1.807, 2.05) is 4.90 Å². The van der Waals surface area contributed by atoms with Gasteiger partial charge in [-0.2, -0.15) is 0 Å². The molecule has 1 saturated carbocycles. The molecule has 10 nitrogen and oxygen atoms in total. The second-order valence-electron chi connectivity index (χ2n) is 12.5. The quantitative estimate of drug-likeness (QED) is 0.375. The van der Waals surface area contributed by atoms with Crippen molar-refractivity contribution in [3.63, 3.8) is 0 Å². The first-order valence-electron chi connectivity index (χ1n) is 15.0. The van der Waals surface area contributed by atoms with Gasteiger partial charge in [-0.1, -0.05) is 39.3 Å². The van der Waals surface area contributed by atoms with Crippen molar-refractivity contribution in [2.75, 3.05) is 26.2 Å². The number of hydrogen-bond donors (Lipinski definition) is 2. The fourth-order valence-electron chi connectivity index (χ4n) is 6.96. The molecule has 0 radical (unpaired) electrons. The van der Waals surface area contributed by atoms with Gasteiger partial charge in [0.1, 0.15) is 21.7 Å². The molecule has 4 atom stereocenters. The number of phenols is 2. The summed E-state index contributed by atoms with van der Waals surface area (Å²) in [5, 5.41) is 20.9. The molecule has 1 amide bonds. The fourth-order valence-corrected chi connectivity index (χ4v) is 7.49. The zero-order chi connectivity index (χ0) is 31.4. The van der Waals surface area contributed by atoms with Gasteiger partial charge in [0.15, 0.2) is 5.78 Å². The SMILES string of the molecule is CC(C)[C@@H]1CC[C@@H](C)C[C@H]1O[C@H]1OC(=O)C(Br)=C1N1CCN(C(=O)c2cc(O)c3c(c2)C(=O)c2cccc(O)c2C3=O)CC1. The molecule has 11 heteroatoms. The first-order chi connectivity index (χ1) is 21.0. The number of amides is 1. The average Bonchev–Trinajstić information content (AvgIpc) is 3.26. The van der Waals surface area contributed by atoms with E-state index in [0.717, 1.165) is 19.3 Å². The zero-order valence-corrected chi connectivity index (χ0v) is 26.4. The maximum atomic E-state index is 13.6. The topological polar surface area (TPSA) is 134 Å². The molecule has 2 N–H and O–H groups in total. The molecule has 2 aromatic carbocycles. The van der Waals surface area contributed by atoms with Gasteiger partial charge in [-0.3, -0.25) is 14.4 Å². The summed E-state index contributed by atoms with van der Waals surface area (Å²) >= 11 is 3.42. The lowest BCUT2D eigenvalue weighted by molar-refractivity contribution is -0.185. The number of rotatable bonds is 5. The summed E-state index contributed by atoms with van der Waals surface area (Å²) in [6.45, 7) is 8.03. The van der Waals surface area contributed by atoms with Crippen LogP contribution in [0.15, 0.2) is 40.5 Å². The van der Waals surface area contributed by atoms with Crippen molar-refractivity contribution in [3.05, 3.63) is 68.3 Å². The molecule has 0 bridgehead atoms. The predicted molar refractivity (Wildman–Crippen MR) is 163 cm³/mol. The van der Waals surface area contributed by atoms with Crippen molar-refractivity contribution in [2.24, 2.45) is 17.8 Å². The summed E-state index contributed by atoms with van der Waals surface area (Å²) in [6, 6.07) is 6.72. The van der Waals surface area contributed by atoms with E-state index in [1.54, 1.807) is 4.90 Å². The lowest BCUT2D eigenvalue weighted by Gasteiger charge is -2.41. The minimum atomic E-state index is -0.834. The maximum Gasteiger partial charge on any atom is 0.349 e. The number of fused-ring (bicyclic) bond motifs is 2. The number of hydrogen-bond acceptors (Lipinski definition) is 9. The van der Waals surface area contributed by atoms with Gasteiger partial charge < -0.3 is 29.5 Å². The summed E-state index contributed by atoms with van der Waals surface area (Å²) in [4.78, 5) is 56.1. The van der Waals surface area contributed by atoms with Crippen LogP contribution in [-0.2, 0) is 14.3 Å². The van der Waals surface area contributed by atoms with E-state index in [1.165, 1.54) is 30.3 Å². The minimum Gasteiger partial charge on any atom is -0.507 e. The van der Waals surface area contributed by atoms with Crippen molar-refractivity contribution in [1.82, 2.24) is 9.80 Å². The first-order valence-corrected chi connectivity index (χ1v) is 15.8. The average molecular weight is 668 g/mol. The summed E-state index contributed by atoms with van der Waals surface area (Å²) in [7, 11) is 0. The molecule has 2 aliphatic carbocycles. The Morgan fingerprint density at radius 1 is 0.977 bits per heavy atom. The molecule has 0 aromatic heterocycles. The summed E-state index contributed by atoms with van der Waals surface area (Å²) in [5.74, 6) is -1.62. The van der Waals surface area contributed by atoms with Crippen LogP contribution in [0.1, 0.15) is 82.2 Å². The van der Waals surface area contributed by atoms with E-state index in [2.05, 4.69) is 36.7 Å². The normalized spacial score (nSPS) is 25.3. The predicted octanol–water partition coefficient (Wildman–Crippen LogP) is 4.60. The molecule has 2 fully saturated rings. The van der Waals surface area contributed by atoms with Gasteiger partial charge in [0.05, 0.1) is 17.2 Å². The Morgan fingerprint density at radius 2 is 1.68 bits per heavy atom. The first kappa shape index (κ1) is 30.3. The van der Waals surface area contributed by atoms with E-state index in [0.29, 0.717) is 54.1 Å². The second kappa shape index (κ2) is 11.7. The van der Waals surface area contributed by atoms with Crippen molar-refractivity contribution in [1.29, 1.82) is 0 Å². The smallest absolute Gasteiger partial charge is 0.349 e. The Kier molecular flexibility index (Phi) is 8.04. The third kappa shape index (κ3) is 5.19. The molecule has 2 heterocycles. The number of piperazine rings is 1. The van der Waals surface area contributed by atoms with Gasteiger partial charge >= 0.3 is 5.97 Å². The number of nitrogens with zero attached hydrogens (tertiary/aromatic N) is 2. The van der Waals surface area contributed by atoms with Crippen LogP contribution in [0.3, 0.4) is 0 Å². The second-order valence-corrected chi connectivity index (χ2v) is 13.3. The number of benzene rings is 2. The molecule has 0 spiro atoms. The van der Waals surface area contributed by atoms with Crippen molar-refractivity contribution in [3.8, 4) is 11.5 Å². The molecule has 2 aliphatic heterocycles. The highest BCUT2D eigenvalue weighted by Crippen LogP contribution is 2.40. The molecule has 2 aromatic rings. The monoisotopic (exact) mass is 666 g/mol. The standard InChI is InChI=1S/C33H35BrN2O8/c1-16(2)19-8-7-17(3)13-24(19)43-33-28(27(34)32(42)44-33)35-9-11-36(12-10-35)31(41)18-14-21-26(23(38)15-18)30(40)25-20(29(21)39)5-4-6-22(25)37/h4-6,14-17,19,24,33,37-38H,7-13H2,1-3H3/t17-,19+,24-,33+/m1/s1. The Hall–Kier alpha value is -3.70. The van der Waals surface area contributed by atoms with Crippen LogP contribution in [0, 0.1) is 17.8 Å². The van der Waals surface area contributed by atoms with Crippen LogP contribution in [0.4, 0.5) is 0 Å². The lowest BCUT2D eigenvalue weighted by atomic mass is 9.75. The van der Waals surface area contributed by atoms with Crippen molar-refractivity contribution in [2.45, 2.75) is 52.4 Å². The molecule has 44 heavy (non-hydrogen) atoms. The van der Waals surface area contributed by atoms with Gasteiger partial charge in [-0.05, 0) is 64.7 Å². The Morgan fingerprint density at radius 3 is 2.39 bits per heavy atom. The number of carbonyl (C=O) groups is 4. The molecular weight excluding hydrogens is 632 g/mol. The van der Waals surface area contributed by atoms with Gasteiger partial charge in [-0.25, -0.2) is 4.79 Å². The van der Waals surface area contributed by atoms with Gasteiger partial charge in [0.25, 0.3) is 5.91 Å². The molecule has 0 unspecified atom stereocenters. The lowest BCUT2D eigenvalue weighted by Crippen LogP contribution is -2.50. The number of ketones is 2. The van der Waals surface area contributed by atoms with Crippen LogP contribution in [0.5, 0.6) is 11.5 Å². The van der Waals surface area contributed by atoms with E-state index in [4.69, 9.17) is 9.47 Å². The number of esters is 1. The van der Waals surface area contributed by atoms with Gasteiger partial charge in [0, 0.05) is 42.9 Å². The highest BCUT2D eigenvalue weighted by atomic mass is 79.9. The summed E-state index contributed by atoms with van der Waals surface area (Å²) in [6.07, 6.45) is 2.25. The largest absolute Gasteiger partial charge is 0.507 e. The number of ether oxygens (including phenoxy) is 2. The van der Waals surface area contributed by atoms with Crippen molar-refractivity contribution >= 4 is 39.4 Å². The number of aromatic hydroxyl groups is 2. The van der Waals surface area contributed by atoms with Crippen LogP contribution < -0.4 is 0 Å². The third-order valence-corrected chi connectivity index (χ3v) is 10.1. The summed E-state index contributed by atoms with van der Waals surface area (Å²) in [5.41, 5.74) is 0.248. The highest BCUT2D eigenvalue weighted by molar-refractivity contribution is 9.12. The molecule has 6 rings (SSSR count). The zero-order valence-electron chi connectivity index (χ0n) is 24.8. The Labute approximate surface area is 263 Å². The number of cyclic esters (lactones) is 1. The third-order valence-electron chi connectivity index (χ3n) is 9.36. The number of halogens is 1. The Balaban J connectivity index is 1.17. The molecular formula is C33H35BrN2O8. The molecule has 232 valence electrons. The van der Waals surface area contributed by atoms with Crippen molar-refractivity contribution < 1.29 is 38.9 Å². The number of carbonyl (C=O) groups excluding carboxylic acids is 4. The maximum absolute atomic E-state index is 13.6. The van der Waals surface area contributed by atoms with Crippen LogP contribution in [0.25, 0.3) is 0 Å². The number of phenolic OH excluding ortho intramolecular Hbond substituents is 2. The van der Waals surface area contributed by atoms with Crippen LogP contribution in [-0.4, -0.2) is 82.0 Å². The van der Waals surface area contributed by atoms with Gasteiger partial charge in [0.2, 0.25) is 12.1 Å².